The van der Waals surface area contributed by atoms with Gasteiger partial charge >= 0.3 is 0 Å². The second kappa shape index (κ2) is 4.96. The van der Waals surface area contributed by atoms with Crippen LogP contribution in [0.1, 0.15) is 15.9 Å². The van der Waals surface area contributed by atoms with Crippen molar-refractivity contribution in [2.45, 2.75) is 0 Å². The Hall–Kier alpha value is -2.21. The number of hydrogen-bond acceptors (Lipinski definition) is 2. The van der Waals surface area contributed by atoms with Gasteiger partial charge in [0.1, 0.15) is 5.82 Å². The monoisotopic (exact) mass is 350 g/mol. The summed E-state index contributed by atoms with van der Waals surface area (Å²) in [7, 11) is 0. The number of aromatic nitrogens is 1. The Labute approximate surface area is 126 Å². The Kier molecular flexibility index (Phi) is 3.25. The molecule has 0 amide bonds. The third-order valence-corrected chi connectivity index (χ3v) is 3.69. The number of anilines is 1. The van der Waals surface area contributed by atoms with Crippen molar-refractivity contribution in [1.29, 1.82) is 0 Å². The molecule has 0 radical (unpaired) electrons. The van der Waals surface area contributed by atoms with Gasteiger partial charge in [0.05, 0.1) is 11.3 Å². The Bertz CT molecular complexity index is 873. The Balaban J connectivity index is 2.19. The Morgan fingerprint density at radius 2 is 1.90 bits per heavy atom. The van der Waals surface area contributed by atoms with E-state index in [2.05, 4.69) is 20.9 Å². The SMILES string of the molecule is Nc1cc(F)cc(C(=O)c2c[nH]c3ccc(Br)cc23)c1F. The second-order valence-electron chi connectivity index (χ2n) is 4.58. The van der Waals surface area contributed by atoms with E-state index < -0.39 is 17.4 Å². The summed E-state index contributed by atoms with van der Waals surface area (Å²) in [6.45, 7) is 0. The first kappa shape index (κ1) is 13.8. The van der Waals surface area contributed by atoms with Gasteiger partial charge in [-0.1, -0.05) is 15.9 Å². The fourth-order valence-electron chi connectivity index (χ4n) is 2.20. The summed E-state index contributed by atoms with van der Waals surface area (Å²) in [6, 6.07) is 7.03. The zero-order chi connectivity index (χ0) is 15.1. The molecule has 0 atom stereocenters. The number of fused-ring (bicyclic) bond motifs is 1. The quantitative estimate of drug-likeness (QED) is 0.541. The normalized spacial score (nSPS) is 11.0. The predicted molar refractivity (Wildman–Crippen MR) is 80.2 cm³/mol. The zero-order valence-corrected chi connectivity index (χ0v) is 12.2. The number of carbonyl (C=O) groups is 1. The molecular weight excluding hydrogens is 342 g/mol. The third kappa shape index (κ3) is 2.31. The number of hydrogen-bond donors (Lipinski definition) is 2. The highest BCUT2D eigenvalue weighted by atomic mass is 79.9. The number of rotatable bonds is 2. The molecular formula is C15H9BrF2N2O. The molecule has 3 aromatic rings. The molecule has 21 heavy (non-hydrogen) atoms. The minimum absolute atomic E-state index is 0.259. The minimum atomic E-state index is -0.911. The number of H-pyrrole nitrogens is 1. The van der Waals surface area contributed by atoms with E-state index in [1.165, 1.54) is 6.20 Å². The standard InChI is InChI=1S/C15H9BrF2N2O/c16-7-1-2-13-9(3-7)11(6-20-13)15(21)10-4-8(17)5-12(19)14(10)18/h1-6,20H,19H2. The predicted octanol–water partition coefficient (Wildman–Crippen LogP) is 4.02. The molecule has 3 rings (SSSR count). The molecule has 3 N–H and O–H groups in total. The summed E-state index contributed by atoms with van der Waals surface area (Å²) in [4.78, 5) is 15.4. The van der Waals surface area contributed by atoms with E-state index in [4.69, 9.17) is 5.73 Å². The zero-order valence-electron chi connectivity index (χ0n) is 10.6. The van der Waals surface area contributed by atoms with Gasteiger partial charge in [-0.2, -0.15) is 0 Å². The molecule has 3 nitrogen and oxygen atoms in total. The van der Waals surface area contributed by atoms with Crippen LogP contribution in [0.4, 0.5) is 14.5 Å². The lowest BCUT2D eigenvalue weighted by atomic mass is 10.0. The first-order chi connectivity index (χ1) is 9.97. The number of halogens is 3. The van der Waals surface area contributed by atoms with E-state index in [0.29, 0.717) is 5.39 Å². The number of nitrogens with one attached hydrogen (secondary N) is 1. The molecule has 0 aliphatic rings. The van der Waals surface area contributed by atoms with Gasteiger partial charge < -0.3 is 10.7 Å². The molecule has 0 fully saturated rings. The summed E-state index contributed by atoms with van der Waals surface area (Å²) < 4.78 is 28.1. The molecule has 0 bridgehead atoms. The number of benzene rings is 2. The van der Waals surface area contributed by atoms with Gasteiger partial charge in [-0.25, -0.2) is 8.78 Å². The van der Waals surface area contributed by atoms with E-state index >= 15 is 0 Å². The highest BCUT2D eigenvalue weighted by Gasteiger charge is 2.20. The molecule has 1 aromatic heterocycles. The van der Waals surface area contributed by atoms with Crippen LogP contribution >= 0.6 is 15.9 Å². The number of nitrogens with two attached hydrogens (primary N) is 1. The highest BCUT2D eigenvalue weighted by molar-refractivity contribution is 9.10. The summed E-state index contributed by atoms with van der Waals surface area (Å²) in [5, 5.41) is 0.622. The van der Waals surface area contributed by atoms with Crippen LogP contribution in [-0.2, 0) is 0 Å². The highest BCUT2D eigenvalue weighted by Crippen LogP contribution is 2.27. The maximum absolute atomic E-state index is 14.0. The van der Waals surface area contributed by atoms with Gasteiger partial charge in [0.2, 0.25) is 0 Å². The number of ketones is 1. The maximum atomic E-state index is 14.0. The molecule has 0 saturated heterocycles. The molecule has 106 valence electrons. The van der Waals surface area contributed by atoms with Crippen molar-refractivity contribution in [3.8, 4) is 0 Å². The van der Waals surface area contributed by atoms with Crippen molar-refractivity contribution in [1.82, 2.24) is 4.98 Å². The lowest BCUT2D eigenvalue weighted by Gasteiger charge is -2.05. The van der Waals surface area contributed by atoms with Gasteiger partial charge in [-0.15, -0.1) is 0 Å². The topological polar surface area (TPSA) is 58.9 Å². The van der Waals surface area contributed by atoms with Crippen LogP contribution in [0.3, 0.4) is 0 Å². The molecule has 2 aromatic carbocycles. The van der Waals surface area contributed by atoms with Gasteiger partial charge in [0.25, 0.3) is 0 Å². The smallest absolute Gasteiger partial charge is 0.198 e. The summed E-state index contributed by atoms with van der Waals surface area (Å²) in [6.07, 6.45) is 1.47. The van der Waals surface area contributed by atoms with Gasteiger partial charge in [-0.3, -0.25) is 4.79 Å². The molecule has 0 saturated carbocycles. The number of carbonyl (C=O) groups excluding carboxylic acids is 1. The van der Waals surface area contributed by atoms with Crippen molar-refractivity contribution in [2.75, 3.05) is 5.73 Å². The molecule has 1 heterocycles. The van der Waals surface area contributed by atoms with E-state index in [1.54, 1.807) is 12.1 Å². The van der Waals surface area contributed by atoms with Gasteiger partial charge in [0.15, 0.2) is 11.6 Å². The first-order valence-corrected chi connectivity index (χ1v) is 6.82. The van der Waals surface area contributed by atoms with Crippen LogP contribution in [0.5, 0.6) is 0 Å². The lowest BCUT2D eigenvalue weighted by molar-refractivity contribution is 0.103. The van der Waals surface area contributed by atoms with Gasteiger partial charge in [-0.05, 0) is 30.3 Å². The fourth-order valence-corrected chi connectivity index (χ4v) is 2.56. The van der Waals surface area contributed by atoms with E-state index in [9.17, 15) is 13.6 Å². The average molecular weight is 351 g/mol. The molecule has 0 unspecified atom stereocenters. The summed E-state index contributed by atoms with van der Waals surface area (Å²) in [5.74, 6) is -2.29. The van der Waals surface area contributed by atoms with Crippen molar-refractivity contribution in [3.63, 3.8) is 0 Å². The van der Waals surface area contributed by atoms with Crippen molar-refractivity contribution >= 4 is 38.3 Å². The van der Waals surface area contributed by atoms with E-state index in [0.717, 1.165) is 22.1 Å². The molecule has 0 aliphatic carbocycles. The van der Waals surface area contributed by atoms with Crippen LogP contribution in [0.25, 0.3) is 10.9 Å². The Morgan fingerprint density at radius 1 is 1.14 bits per heavy atom. The van der Waals surface area contributed by atoms with Gasteiger partial charge in [0, 0.05) is 27.1 Å². The third-order valence-electron chi connectivity index (χ3n) is 3.20. The Morgan fingerprint density at radius 3 is 2.67 bits per heavy atom. The van der Waals surface area contributed by atoms with Crippen LogP contribution in [0.2, 0.25) is 0 Å². The maximum Gasteiger partial charge on any atom is 0.198 e. The molecule has 0 aliphatic heterocycles. The van der Waals surface area contributed by atoms with Crippen LogP contribution < -0.4 is 5.73 Å². The largest absolute Gasteiger partial charge is 0.396 e. The molecule has 0 spiro atoms. The van der Waals surface area contributed by atoms with Crippen molar-refractivity contribution in [2.24, 2.45) is 0 Å². The fraction of sp³-hybridized carbons (Fsp3) is 0. The summed E-state index contributed by atoms with van der Waals surface area (Å²) in [5.41, 5.74) is 5.58. The lowest BCUT2D eigenvalue weighted by Crippen LogP contribution is -2.07. The van der Waals surface area contributed by atoms with Crippen molar-refractivity contribution < 1.29 is 13.6 Å². The number of aromatic amines is 1. The minimum Gasteiger partial charge on any atom is -0.396 e. The average Bonchev–Trinajstić information content (AvgIpc) is 2.85. The molecule has 6 heteroatoms. The van der Waals surface area contributed by atoms with Crippen LogP contribution in [0, 0.1) is 11.6 Å². The first-order valence-electron chi connectivity index (χ1n) is 6.03. The number of nitrogen functional groups attached to an aromatic ring is 1. The van der Waals surface area contributed by atoms with Crippen LogP contribution in [-0.4, -0.2) is 10.8 Å². The van der Waals surface area contributed by atoms with E-state index in [1.807, 2.05) is 6.07 Å². The van der Waals surface area contributed by atoms with Crippen molar-refractivity contribution in [3.05, 3.63) is 63.8 Å². The second-order valence-corrected chi connectivity index (χ2v) is 5.49. The summed E-state index contributed by atoms with van der Waals surface area (Å²) >= 11 is 3.32. The van der Waals surface area contributed by atoms with E-state index in [-0.39, 0.29) is 16.8 Å². The van der Waals surface area contributed by atoms with Crippen LogP contribution in [0.15, 0.2) is 41.0 Å².